The lowest BCUT2D eigenvalue weighted by molar-refractivity contribution is -0.00539. The third-order valence-electron chi connectivity index (χ3n) is 4.37. The number of aromatic nitrogens is 3. The van der Waals surface area contributed by atoms with Crippen LogP contribution in [-0.4, -0.2) is 20.7 Å². The highest BCUT2D eigenvalue weighted by Gasteiger charge is 2.35. The van der Waals surface area contributed by atoms with Crippen LogP contribution in [0.3, 0.4) is 0 Å². The molecule has 0 aliphatic rings. The molecule has 0 saturated carbocycles. The summed E-state index contributed by atoms with van der Waals surface area (Å²) >= 11 is 0. The number of rotatable bonds is 6. The summed E-state index contributed by atoms with van der Waals surface area (Å²) in [5.74, 6) is -3.79. The average molecular weight is 359 g/mol. The normalized spacial score (nSPS) is 13.0. The Morgan fingerprint density at radius 1 is 1.00 bits per heavy atom. The fourth-order valence-electron chi connectivity index (χ4n) is 2.65. The van der Waals surface area contributed by atoms with Gasteiger partial charge in [0, 0.05) is 13.3 Å². The van der Waals surface area contributed by atoms with Crippen molar-refractivity contribution in [3.05, 3.63) is 77.6 Å². The van der Waals surface area contributed by atoms with Gasteiger partial charge in [-0.1, -0.05) is 30.3 Å². The van der Waals surface area contributed by atoms with Crippen molar-refractivity contribution >= 4 is 0 Å². The van der Waals surface area contributed by atoms with Crippen LogP contribution in [0.15, 0.2) is 54.6 Å². The zero-order valence-electron chi connectivity index (χ0n) is 14.7. The maximum atomic E-state index is 13.9. The average Bonchev–Trinajstić information content (AvgIpc) is 3.04. The molecule has 0 aliphatic heterocycles. The van der Waals surface area contributed by atoms with Gasteiger partial charge in [-0.3, -0.25) is 0 Å². The molecular weight excluding hydrogens is 339 g/mol. The molecule has 0 radical (unpaired) electrons. The van der Waals surface area contributed by atoms with E-state index in [4.69, 9.17) is 0 Å². The number of nitrogens with zero attached hydrogens (tertiary/aromatic N) is 3. The number of halogens is 3. The van der Waals surface area contributed by atoms with E-state index in [-0.39, 0.29) is 5.82 Å². The van der Waals surface area contributed by atoms with Crippen molar-refractivity contribution in [2.45, 2.75) is 38.5 Å². The van der Waals surface area contributed by atoms with Gasteiger partial charge in [0.1, 0.15) is 11.6 Å². The second-order valence-electron chi connectivity index (χ2n) is 6.44. The van der Waals surface area contributed by atoms with Crippen LogP contribution < -0.4 is 0 Å². The predicted molar refractivity (Wildman–Crippen MR) is 94.2 cm³/mol. The van der Waals surface area contributed by atoms with E-state index in [2.05, 4.69) is 10.1 Å². The summed E-state index contributed by atoms with van der Waals surface area (Å²) in [6.45, 7) is 2.29. The van der Waals surface area contributed by atoms with Crippen molar-refractivity contribution in [1.29, 1.82) is 0 Å². The molecule has 0 spiro atoms. The van der Waals surface area contributed by atoms with Crippen LogP contribution in [-0.2, 0) is 12.8 Å². The molecule has 0 bridgehead atoms. The zero-order chi connectivity index (χ0) is 18.7. The molecule has 0 aliphatic carbocycles. The molecule has 26 heavy (non-hydrogen) atoms. The summed E-state index contributed by atoms with van der Waals surface area (Å²) in [6.07, 6.45) is 1.25. The molecular formula is C20H20F3N3. The van der Waals surface area contributed by atoms with Gasteiger partial charge in [0.15, 0.2) is 5.82 Å². The molecule has 136 valence electrons. The molecule has 3 aromatic rings. The van der Waals surface area contributed by atoms with Gasteiger partial charge in [-0.15, -0.1) is 0 Å². The highest BCUT2D eigenvalue weighted by Crippen LogP contribution is 2.32. The highest BCUT2D eigenvalue weighted by atomic mass is 19.3. The first-order chi connectivity index (χ1) is 12.3. The number of benzene rings is 2. The van der Waals surface area contributed by atoms with Crippen LogP contribution in [0.25, 0.3) is 5.69 Å². The van der Waals surface area contributed by atoms with E-state index < -0.39 is 17.7 Å². The fourth-order valence-corrected chi connectivity index (χ4v) is 2.65. The molecule has 0 saturated heterocycles. The van der Waals surface area contributed by atoms with Crippen molar-refractivity contribution < 1.29 is 13.2 Å². The fraction of sp³-hybridized carbons (Fsp3) is 0.300. The van der Waals surface area contributed by atoms with Gasteiger partial charge in [-0.05, 0) is 43.2 Å². The quantitative estimate of drug-likeness (QED) is 0.623. The van der Waals surface area contributed by atoms with E-state index in [0.717, 1.165) is 12.5 Å². The summed E-state index contributed by atoms with van der Waals surface area (Å²) in [4.78, 5) is 4.37. The summed E-state index contributed by atoms with van der Waals surface area (Å²) in [5.41, 5.74) is 1.64. The van der Waals surface area contributed by atoms with Crippen molar-refractivity contribution in [2.24, 2.45) is 0 Å². The first-order valence-electron chi connectivity index (χ1n) is 8.48. The predicted octanol–water partition coefficient (Wildman–Crippen LogP) is 4.95. The van der Waals surface area contributed by atoms with Crippen LogP contribution >= 0.6 is 0 Å². The standard InChI is InChI=1S/C20H20F3N3/c1-14(20(2,22)23)19-24-18(13-8-15-6-4-3-5-7-15)25-26(19)17-11-9-16(21)10-12-17/h3-7,9-12,14H,8,13H2,1-2H3. The number of hydrogen-bond donors (Lipinski definition) is 0. The number of aryl methyl sites for hydroxylation is 2. The van der Waals surface area contributed by atoms with Gasteiger partial charge < -0.3 is 0 Å². The largest absolute Gasteiger partial charge is 0.254 e. The molecule has 0 amide bonds. The van der Waals surface area contributed by atoms with E-state index in [1.165, 1.54) is 35.9 Å². The number of alkyl halides is 2. The van der Waals surface area contributed by atoms with Crippen LogP contribution in [0.4, 0.5) is 13.2 Å². The second-order valence-corrected chi connectivity index (χ2v) is 6.44. The van der Waals surface area contributed by atoms with Crippen molar-refractivity contribution in [3.8, 4) is 5.69 Å². The van der Waals surface area contributed by atoms with Crippen molar-refractivity contribution in [2.75, 3.05) is 0 Å². The minimum absolute atomic E-state index is 0.173. The van der Waals surface area contributed by atoms with Crippen LogP contribution in [0.2, 0.25) is 0 Å². The van der Waals surface area contributed by atoms with Crippen LogP contribution in [0.1, 0.15) is 37.0 Å². The van der Waals surface area contributed by atoms with Gasteiger partial charge in [-0.25, -0.2) is 22.8 Å². The Balaban J connectivity index is 1.93. The minimum Gasteiger partial charge on any atom is -0.217 e. The van der Waals surface area contributed by atoms with Gasteiger partial charge in [-0.2, -0.15) is 5.10 Å². The maximum absolute atomic E-state index is 13.9. The highest BCUT2D eigenvalue weighted by molar-refractivity contribution is 5.33. The lowest BCUT2D eigenvalue weighted by Crippen LogP contribution is -2.23. The Kier molecular flexibility index (Phi) is 5.11. The molecule has 0 N–H and O–H groups in total. The van der Waals surface area contributed by atoms with E-state index in [1.54, 1.807) is 0 Å². The Hall–Kier alpha value is -2.63. The minimum atomic E-state index is -2.94. The maximum Gasteiger partial charge on any atom is 0.254 e. The SMILES string of the molecule is CC(c1nc(CCc2ccccc2)nn1-c1ccc(F)cc1)C(C)(F)F. The Labute approximate surface area is 150 Å². The van der Waals surface area contributed by atoms with Gasteiger partial charge in [0.2, 0.25) is 0 Å². The zero-order valence-corrected chi connectivity index (χ0v) is 14.7. The monoisotopic (exact) mass is 359 g/mol. The molecule has 3 nitrogen and oxygen atoms in total. The van der Waals surface area contributed by atoms with Crippen molar-refractivity contribution in [1.82, 2.24) is 14.8 Å². The first kappa shape index (κ1) is 18.2. The van der Waals surface area contributed by atoms with Crippen molar-refractivity contribution in [3.63, 3.8) is 0 Å². The molecule has 1 atom stereocenters. The molecule has 3 rings (SSSR count). The summed E-state index contributed by atoms with van der Waals surface area (Å²) in [6, 6.07) is 15.4. The Bertz CT molecular complexity index is 852. The number of hydrogen-bond acceptors (Lipinski definition) is 2. The van der Waals surface area contributed by atoms with E-state index in [9.17, 15) is 13.2 Å². The van der Waals surface area contributed by atoms with Crippen LogP contribution in [0, 0.1) is 5.82 Å². The first-order valence-corrected chi connectivity index (χ1v) is 8.48. The topological polar surface area (TPSA) is 30.7 Å². The lowest BCUT2D eigenvalue weighted by Gasteiger charge is -2.19. The molecule has 1 aromatic heterocycles. The van der Waals surface area contributed by atoms with Gasteiger partial charge >= 0.3 is 0 Å². The lowest BCUT2D eigenvalue weighted by atomic mass is 10.0. The van der Waals surface area contributed by atoms with E-state index >= 15 is 0 Å². The third-order valence-corrected chi connectivity index (χ3v) is 4.37. The van der Waals surface area contributed by atoms with Crippen LogP contribution in [0.5, 0.6) is 0 Å². The smallest absolute Gasteiger partial charge is 0.217 e. The summed E-state index contributed by atoms with van der Waals surface area (Å²) in [5, 5.41) is 4.41. The second kappa shape index (κ2) is 7.32. The van der Waals surface area contributed by atoms with E-state index in [1.807, 2.05) is 30.3 Å². The molecule has 1 heterocycles. The third kappa shape index (κ3) is 4.12. The summed E-state index contributed by atoms with van der Waals surface area (Å²) in [7, 11) is 0. The van der Waals surface area contributed by atoms with E-state index in [0.29, 0.717) is 24.4 Å². The van der Waals surface area contributed by atoms with Gasteiger partial charge in [0.05, 0.1) is 11.6 Å². The summed E-state index contributed by atoms with van der Waals surface area (Å²) < 4.78 is 42.4. The Morgan fingerprint density at radius 2 is 1.65 bits per heavy atom. The molecule has 6 heteroatoms. The Morgan fingerprint density at radius 3 is 2.27 bits per heavy atom. The molecule has 2 aromatic carbocycles. The molecule has 1 unspecified atom stereocenters. The molecule has 0 fully saturated rings. The van der Waals surface area contributed by atoms with Gasteiger partial charge in [0.25, 0.3) is 5.92 Å².